The third-order valence-corrected chi connectivity index (χ3v) is 3.95. The molecule has 0 saturated carbocycles. The monoisotopic (exact) mass is 261 g/mol. The van der Waals surface area contributed by atoms with E-state index in [4.69, 9.17) is 0 Å². The van der Waals surface area contributed by atoms with Crippen molar-refractivity contribution in [1.82, 2.24) is 15.1 Å². The number of aryl methyl sites for hydroxylation is 2. The first-order valence-corrected chi connectivity index (χ1v) is 7.33. The fourth-order valence-electron chi connectivity index (χ4n) is 2.64. The largest absolute Gasteiger partial charge is 0.314 e. The molecule has 1 fully saturated rings. The zero-order chi connectivity index (χ0) is 13.7. The first kappa shape index (κ1) is 14.5. The van der Waals surface area contributed by atoms with Gasteiger partial charge in [0, 0.05) is 45.8 Å². The average Bonchev–Trinajstić information content (AvgIpc) is 2.41. The molecule has 3 nitrogen and oxygen atoms in total. The third kappa shape index (κ3) is 4.60. The van der Waals surface area contributed by atoms with Crippen LogP contribution in [0.15, 0.2) is 18.2 Å². The number of nitrogens with zero attached hydrogens (tertiary/aromatic N) is 2. The molecule has 0 spiro atoms. The molecule has 0 aromatic heterocycles. The summed E-state index contributed by atoms with van der Waals surface area (Å²) in [5.41, 5.74) is 4.21. The quantitative estimate of drug-likeness (QED) is 0.869. The molecule has 1 N–H and O–H groups in total. The van der Waals surface area contributed by atoms with Crippen LogP contribution in [-0.2, 0) is 6.54 Å². The lowest BCUT2D eigenvalue weighted by atomic mass is 10.1. The molecule has 0 radical (unpaired) electrons. The molecule has 1 aromatic rings. The van der Waals surface area contributed by atoms with E-state index >= 15 is 0 Å². The molecule has 1 saturated heterocycles. The van der Waals surface area contributed by atoms with E-state index in [-0.39, 0.29) is 0 Å². The van der Waals surface area contributed by atoms with Gasteiger partial charge in [0.15, 0.2) is 0 Å². The van der Waals surface area contributed by atoms with Crippen LogP contribution in [0, 0.1) is 13.8 Å². The number of benzene rings is 1. The topological polar surface area (TPSA) is 18.5 Å². The van der Waals surface area contributed by atoms with Gasteiger partial charge in [0.05, 0.1) is 0 Å². The summed E-state index contributed by atoms with van der Waals surface area (Å²) in [4.78, 5) is 4.98. The Morgan fingerprint density at radius 3 is 2.63 bits per heavy atom. The lowest BCUT2D eigenvalue weighted by Crippen LogP contribution is -2.45. The van der Waals surface area contributed by atoms with Crippen LogP contribution in [-0.4, -0.2) is 56.1 Å². The molecule has 1 aliphatic rings. The predicted molar refractivity (Wildman–Crippen MR) is 81.6 cm³/mol. The van der Waals surface area contributed by atoms with Crippen LogP contribution in [0.3, 0.4) is 0 Å². The Morgan fingerprint density at radius 1 is 1.21 bits per heavy atom. The van der Waals surface area contributed by atoms with E-state index in [2.05, 4.69) is 54.2 Å². The average molecular weight is 261 g/mol. The van der Waals surface area contributed by atoms with Crippen LogP contribution in [0.1, 0.15) is 16.7 Å². The lowest BCUT2D eigenvalue weighted by Gasteiger charge is -2.29. The van der Waals surface area contributed by atoms with Gasteiger partial charge in [-0.25, -0.2) is 0 Å². The minimum absolute atomic E-state index is 1.05. The van der Waals surface area contributed by atoms with Crippen molar-refractivity contribution in [3.05, 3.63) is 34.9 Å². The Morgan fingerprint density at radius 2 is 1.95 bits per heavy atom. The Kier molecular flexibility index (Phi) is 5.37. The molecule has 0 aliphatic carbocycles. The highest BCUT2D eigenvalue weighted by molar-refractivity contribution is 5.30. The first-order chi connectivity index (χ1) is 9.15. The number of hydrogen-bond acceptors (Lipinski definition) is 3. The Bertz CT molecular complexity index is 397. The third-order valence-electron chi connectivity index (χ3n) is 3.95. The van der Waals surface area contributed by atoms with Gasteiger partial charge in [0.25, 0.3) is 0 Å². The molecular formula is C16H27N3. The van der Waals surface area contributed by atoms with Gasteiger partial charge < -0.3 is 10.2 Å². The van der Waals surface area contributed by atoms with Gasteiger partial charge in [0.1, 0.15) is 0 Å². The highest BCUT2D eigenvalue weighted by atomic mass is 15.2. The summed E-state index contributed by atoms with van der Waals surface area (Å²) in [6, 6.07) is 6.76. The van der Waals surface area contributed by atoms with Gasteiger partial charge in [-0.3, -0.25) is 4.90 Å². The maximum Gasteiger partial charge on any atom is 0.0233 e. The van der Waals surface area contributed by atoms with Crippen LogP contribution < -0.4 is 5.32 Å². The van der Waals surface area contributed by atoms with E-state index < -0.39 is 0 Å². The molecule has 106 valence electrons. The Hall–Kier alpha value is -0.900. The van der Waals surface area contributed by atoms with Crippen LogP contribution in [0.25, 0.3) is 0 Å². The van der Waals surface area contributed by atoms with Crippen molar-refractivity contribution in [2.24, 2.45) is 0 Å². The SMILES string of the molecule is Cc1ccc(CN(C)CCN2CCNCC2)c(C)c1. The molecule has 1 heterocycles. The van der Waals surface area contributed by atoms with Crippen LogP contribution in [0.5, 0.6) is 0 Å². The van der Waals surface area contributed by atoms with Gasteiger partial charge >= 0.3 is 0 Å². The van der Waals surface area contributed by atoms with Gasteiger partial charge in [-0.15, -0.1) is 0 Å². The van der Waals surface area contributed by atoms with Crippen molar-refractivity contribution < 1.29 is 0 Å². The number of piperazine rings is 1. The smallest absolute Gasteiger partial charge is 0.0233 e. The molecule has 2 rings (SSSR count). The molecular weight excluding hydrogens is 234 g/mol. The van der Waals surface area contributed by atoms with E-state index in [0.717, 1.165) is 26.2 Å². The first-order valence-electron chi connectivity index (χ1n) is 7.33. The molecule has 19 heavy (non-hydrogen) atoms. The summed E-state index contributed by atoms with van der Waals surface area (Å²) in [5.74, 6) is 0. The number of rotatable bonds is 5. The molecule has 0 unspecified atom stereocenters. The van der Waals surface area contributed by atoms with E-state index in [1.54, 1.807) is 0 Å². The fraction of sp³-hybridized carbons (Fsp3) is 0.625. The van der Waals surface area contributed by atoms with Gasteiger partial charge in [-0.1, -0.05) is 23.8 Å². The normalized spacial score (nSPS) is 17.1. The van der Waals surface area contributed by atoms with Crippen molar-refractivity contribution in [1.29, 1.82) is 0 Å². The van der Waals surface area contributed by atoms with Crippen molar-refractivity contribution in [3.63, 3.8) is 0 Å². The second kappa shape index (κ2) is 7.04. The summed E-state index contributed by atoms with van der Waals surface area (Å²) < 4.78 is 0. The number of hydrogen-bond donors (Lipinski definition) is 1. The molecule has 1 aliphatic heterocycles. The summed E-state index contributed by atoms with van der Waals surface area (Å²) in [7, 11) is 2.22. The summed E-state index contributed by atoms with van der Waals surface area (Å²) in [6.07, 6.45) is 0. The van der Waals surface area contributed by atoms with Gasteiger partial charge in [-0.2, -0.15) is 0 Å². The van der Waals surface area contributed by atoms with E-state index in [1.165, 1.54) is 36.3 Å². The zero-order valence-corrected chi connectivity index (χ0v) is 12.6. The van der Waals surface area contributed by atoms with E-state index in [0.29, 0.717) is 0 Å². The zero-order valence-electron chi connectivity index (χ0n) is 12.6. The second-order valence-corrected chi connectivity index (χ2v) is 5.76. The standard InChI is InChI=1S/C16H27N3/c1-14-4-5-16(15(2)12-14)13-18(3)10-11-19-8-6-17-7-9-19/h4-5,12,17H,6-11,13H2,1-3H3. The van der Waals surface area contributed by atoms with Crippen LogP contribution in [0.2, 0.25) is 0 Å². The minimum atomic E-state index is 1.05. The lowest BCUT2D eigenvalue weighted by molar-refractivity contribution is 0.202. The summed E-state index contributed by atoms with van der Waals surface area (Å²) >= 11 is 0. The Balaban J connectivity index is 1.78. The highest BCUT2D eigenvalue weighted by Gasteiger charge is 2.10. The maximum atomic E-state index is 3.40. The second-order valence-electron chi connectivity index (χ2n) is 5.76. The highest BCUT2D eigenvalue weighted by Crippen LogP contribution is 2.12. The van der Waals surface area contributed by atoms with Crippen molar-refractivity contribution in [2.45, 2.75) is 20.4 Å². The molecule has 0 bridgehead atoms. The molecule has 1 aromatic carbocycles. The van der Waals surface area contributed by atoms with Crippen molar-refractivity contribution in [2.75, 3.05) is 46.3 Å². The predicted octanol–water partition coefficient (Wildman–Crippen LogP) is 1.64. The Labute approximate surface area is 117 Å². The van der Waals surface area contributed by atoms with Crippen LogP contribution >= 0.6 is 0 Å². The number of likely N-dealkylation sites (N-methyl/N-ethyl adjacent to an activating group) is 1. The number of nitrogens with one attached hydrogen (secondary N) is 1. The maximum absolute atomic E-state index is 3.40. The van der Waals surface area contributed by atoms with E-state index in [9.17, 15) is 0 Å². The summed E-state index contributed by atoms with van der Waals surface area (Å²) in [5, 5.41) is 3.40. The molecule has 3 heteroatoms. The van der Waals surface area contributed by atoms with Crippen molar-refractivity contribution >= 4 is 0 Å². The van der Waals surface area contributed by atoms with Crippen molar-refractivity contribution in [3.8, 4) is 0 Å². The van der Waals surface area contributed by atoms with Gasteiger partial charge in [-0.05, 0) is 32.0 Å². The molecule has 0 amide bonds. The molecule has 0 atom stereocenters. The van der Waals surface area contributed by atoms with Gasteiger partial charge in [0.2, 0.25) is 0 Å². The van der Waals surface area contributed by atoms with E-state index in [1.807, 2.05) is 0 Å². The summed E-state index contributed by atoms with van der Waals surface area (Å²) in [6.45, 7) is 12.4. The van der Waals surface area contributed by atoms with Crippen LogP contribution in [0.4, 0.5) is 0 Å². The fourth-order valence-corrected chi connectivity index (χ4v) is 2.64. The minimum Gasteiger partial charge on any atom is -0.314 e.